The van der Waals surface area contributed by atoms with E-state index in [0.29, 0.717) is 32.4 Å². The number of aromatic nitrogens is 3. The van der Waals surface area contributed by atoms with Gasteiger partial charge < -0.3 is 5.32 Å². The molecule has 0 saturated carbocycles. The number of carbonyl (C=O) groups is 1. The third kappa shape index (κ3) is 4.38. The van der Waals surface area contributed by atoms with E-state index in [1.54, 1.807) is 41.4 Å². The van der Waals surface area contributed by atoms with Gasteiger partial charge in [-0.1, -0.05) is 29.8 Å². The molecule has 9 heteroatoms. The summed E-state index contributed by atoms with van der Waals surface area (Å²) >= 11 is 7.44. The van der Waals surface area contributed by atoms with E-state index in [1.807, 2.05) is 19.9 Å². The van der Waals surface area contributed by atoms with Crippen molar-refractivity contribution in [1.82, 2.24) is 20.1 Å². The van der Waals surface area contributed by atoms with Gasteiger partial charge in [-0.15, -0.1) is 11.3 Å². The molecule has 1 amide bonds. The molecule has 0 aliphatic carbocycles. The second kappa shape index (κ2) is 9.14. The van der Waals surface area contributed by atoms with Gasteiger partial charge in [-0.25, -0.2) is 18.9 Å². The van der Waals surface area contributed by atoms with Crippen LogP contribution in [0.15, 0.2) is 41.9 Å². The molecule has 4 aromatic rings. The molecular formula is C24H19ClFN5OS. The first-order valence-corrected chi connectivity index (χ1v) is 11.3. The molecule has 0 aliphatic rings. The van der Waals surface area contributed by atoms with Gasteiger partial charge in [-0.3, -0.25) is 4.79 Å². The third-order valence-electron chi connectivity index (χ3n) is 5.32. The molecule has 0 fully saturated rings. The van der Waals surface area contributed by atoms with Crippen molar-refractivity contribution < 1.29 is 9.18 Å². The predicted molar refractivity (Wildman–Crippen MR) is 128 cm³/mol. The maximum absolute atomic E-state index is 14.9. The van der Waals surface area contributed by atoms with Crippen molar-refractivity contribution in [2.75, 3.05) is 0 Å². The number of nitrogens with one attached hydrogen (secondary N) is 1. The van der Waals surface area contributed by atoms with Crippen molar-refractivity contribution in [3.05, 3.63) is 91.7 Å². The van der Waals surface area contributed by atoms with E-state index in [2.05, 4.69) is 20.2 Å². The number of carbonyl (C=O) groups excluding carboxylic acids is 1. The lowest BCUT2D eigenvalue weighted by atomic mass is 10.0. The zero-order valence-corrected chi connectivity index (χ0v) is 19.7. The minimum absolute atomic E-state index is 0.0748. The van der Waals surface area contributed by atoms with Crippen LogP contribution in [0.25, 0.3) is 21.7 Å². The van der Waals surface area contributed by atoms with Gasteiger partial charge in [-0.2, -0.15) is 5.10 Å². The smallest absolute Gasteiger partial charge is 0.263 e. The Balaban J connectivity index is 1.59. The summed E-state index contributed by atoms with van der Waals surface area (Å²) in [7, 11) is 0. The van der Waals surface area contributed by atoms with Crippen molar-refractivity contribution in [2.45, 2.75) is 27.3 Å². The van der Waals surface area contributed by atoms with Crippen LogP contribution in [0.3, 0.4) is 0 Å². The van der Waals surface area contributed by atoms with E-state index < -0.39 is 5.82 Å². The maximum Gasteiger partial charge on any atom is 0.263 e. The highest BCUT2D eigenvalue weighted by Gasteiger charge is 2.18. The Labute approximate surface area is 199 Å². The average Bonchev–Trinajstić information content (AvgIpc) is 3.35. The van der Waals surface area contributed by atoms with Crippen LogP contribution >= 0.6 is 22.9 Å². The molecule has 0 bridgehead atoms. The Morgan fingerprint density at radius 3 is 2.64 bits per heavy atom. The topological polar surface area (TPSA) is 64.2 Å². The summed E-state index contributed by atoms with van der Waals surface area (Å²) in [5.74, 6) is -0.681. The quantitative estimate of drug-likeness (QED) is 0.347. The summed E-state index contributed by atoms with van der Waals surface area (Å²) in [6.07, 6.45) is 0. The summed E-state index contributed by atoms with van der Waals surface area (Å²) in [5.41, 5.74) is 6.80. The highest BCUT2D eigenvalue weighted by atomic mass is 35.5. The number of amides is 1. The van der Waals surface area contributed by atoms with Crippen molar-refractivity contribution in [2.24, 2.45) is 0 Å². The molecule has 0 radical (unpaired) electrons. The molecule has 33 heavy (non-hydrogen) atoms. The van der Waals surface area contributed by atoms with Crippen molar-refractivity contribution in [1.29, 1.82) is 0 Å². The fourth-order valence-corrected chi connectivity index (χ4v) is 4.59. The maximum atomic E-state index is 14.9. The number of rotatable bonds is 5. The lowest BCUT2D eigenvalue weighted by Crippen LogP contribution is -2.23. The molecule has 2 heterocycles. The Morgan fingerprint density at radius 1 is 1.21 bits per heavy atom. The van der Waals surface area contributed by atoms with Gasteiger partial charge in [0.2, 0.25) is 5.69 Å². The van der Waals surface area contributed by atoms with E-state index in [9.17, 15) is 9.18 Å². The monoisotopic (exact) mass is 479 g/mol. The molecule has 0 saturated heterocycles. The zero-order chi connectivity index (χ0) is 23.7. The van der Waals surface area contributed by atoms with Crippen molar-refractivity contribution in [3.8, 4) is 16.8 Å². The van der Waals surface area contributed by atoms with Crippen LogP contribution in [0.1, 0.15) is 32.3 Å². The lowest BCUT2D eigenvalue weighted by molar-refractivity contribution is 0.0954. The zero-order valence-electron chi connectivity index (χ0n) is 18.1. The molecule has 2 aromatic carbocycles. The number of benzene rings is 2. The van der Waals surface area contributed by atoms with Gasteiger partial charge in [0.05, 0.1) is 29.2 Å². The molecule has 0 aliphatic heterocycles. The van der Waals surface area contributed by atoms with Gasteiger partial charge >= 0.3 is 0 Å². The van der Waals surface area contributed by atoms with Crippen molar-refractivity contribution >= 4 is 34.5 Å². The summed E-state index contributed by atoms with van der Waals surface area (Å²) in [4.78, 5) is 20.3. The van der Waals surface area contributed by atoms with Crippen LogP contribution in [0.4, 0.5) is 10.1 Å². The number of nitrogens with zero attached hydrogens (tertiary/aromatic N) is 4. The van der Waals surface area contributed by atoms with Crippen molar-refractivity contribution in [3.63, 3.8) is 0 Å². The first-order chi connectivity index (χ1) is 15.8. The standard InChI is InChI=1S/C24H19ClFN5OS/c1-13-22(15(3)31(30-13)18-7-8-21(27-4)19(25)10-18)16-5-6-17(20(26)9-16)11-28-24(32)23-14(2)29-12-33-23/h5-10,12H,11H2,1-3H3,(H,28,32). The number of hydrogen-bond donors (Lipinski definition) is 1. The molecule has 2 aromatic heterocycles. The predicted octanol–water partition coefficient (Wildman–Crippen LogP) is 6.19. The van der Waals surface area contributed by atoms with Crippen LogP contribution in [-0.2, 0) is 6.54 Å². The van der Waals surface area contributed by atoms with E-state index in [-0.39, 0.29) is 12.5 Å². The first-order valence-electron chi connectivity index (χ1n) is 10.0. The molecule has 6 nitrogen and oxygen atoms in total. The summed E-state index contributed by atoms with van der Waals surface area (Å²) in [6.45, 7) is 12.7. The number of aryl methyl sites for hydroxylation is 2. The Morgan fingerprint density at radius 2 is 2.00 bits per heavy atom. The van der Waals surface area contributed by atoms with Gasteiger partial charge in [0, 0.05) is 28.4 Å². The van der Waals surface area contributed by atoms with Gasteiger partial charge in [0.15, 0.2) is 0 Å². The minimum Gasteiger partial charge on any atom is -0.347 e. The Bertz CT molecular complexity index is 1420. The van der Waals surface area contributed by atoms with E-state index >= 15 is 0 Å². The van der Waals surface area contributed by atoms with E-state index in [0.717, 1.165) is 22.6 Å². The van der Waals surface area contributed by atoms with E-state index in [4.69, 9.17) is 18.2 Å². The largest absolute Gasteiger partial charge is 0.347 e. The fourth-order valence-electron chi connectivity index (χ4n) is 3.65. The molecular weight excluding hydrogens is 461 g/mol. The number of thiazole rings is 1. The van der Waals surface area contributed by atoms with E-state index in [1.165, 1.54) is 17.4 Å². The third-order valence-corrected chi connectivity index (χ3v) is 6.55. The van der Waals surface area contributed by atoms with Gasteiger partial charge in [0.25, 0.3) is 5.91 Å². The summed E-state index contributed by atoms with van der Waals surface area (Å²) < 4.78 is 16.6. The SMILES string of the molecule is [C-]#[N+]c1ccc(-n2nc(C)c(-c3ccc(CNC(=O)c4scnc4C)c(F)c3)c2C)cc1Cl. The lowest BCUT2D eigenvalue weighted by Gasteiger charge is -2.09. The molecule has 0 unspecified atom stereocenters. The average molecular weight is 480 g/mol. The molecule has 1 N–H and O–H groups in total. The van der Waals surface area contributed by atoms with Gasteiger partial charge in [-0.05, 0) is 44.5 Å². The second-order valence-electron chi connectivity index (χ2n) is 7.46. The van der Waals surface area contributed by atoms with Crippen LogP contribution in [0, 0.1) is 33.2 Å². The first kappa shape index (κ1) is 22.6. The molecule has 166 valence electrons. The Hall–Kier alpha value is -3.54. The molecule has 0 atom stereocenters. The van der Waals surface area contributed by atoms with Gasteiger partial charge in [0.1, 0.15) is 10.7 Å². The molecule has 0 spiro atoms. The fraction of sp³-hybridized carbons (Fsp3) is 0.167. The highest BCUT2D eigenvalue weighted by Crippen LogP contribution is 2.32. The number of hydrogen-bond acceptors (Lipinski definition) is 4. The summed E-state index contributed by atoms with van der Waals surface area (Å²) in [5, 5.41) is 7.69. The highest BCUT2D eigenvalue weighted by molar-refractivity contribution is 7.11. The normalized spacial score (nSPS) is 10.8. The minimum atomic E-state index is -0.412. The van der Waals surface area contributed by atoms with Crippen LogP contribution in [0.5, 0.6) is 0 Å². The second-order valence-corrected chi connectivity index (χ2v) is 8.72. The molecule has 4 rings (SSSR count). The number of halogens is 2. The Kier molecular flexibility index (Phi) is 6.27. The van der Waals surface area contributed by atoms with Crippen LogP contribution in [-0.4, -0.2) is 20.7 Å². The summed E-state index contributed by atoms with van der Waals surface area (Å²) in [6, 6.07) is 10.1. The van der Waals surface area contributed by atoms with Crippen LogP contribution in [0.2, 0.25) is 5.02 Å². The van der Waals surface area contributed by atoms with Crippen LogP contribution < -0.4 is 5.32 Å².